The number of benzene rings is 2. The molecule has 1 aliphatic heterocycles. The number of para-hydroxylation sites is 2. The van der Waals surface area contributed by atoms with Crippen LogP contribution in [0.4, 0.5) is 4.39 Å². The highest BCUT2D eigenvalue weighted by Gasteiger charge is 2.17. The highest BCUT2D eigenvalue weighted by Crippen LogP contribution is 2.29. The van der Waals surface area contributed by atoms with Gasteiger partial charge in [0.25, 0.3) is 0 Å². The molecule has 1 fully saturated rings. The van der Waals surface area contributed by atoms with E-state index in [9.17, 15) is 4.39 Å². The summed E-state index contributed by atoms with van der Waals surface area (Å²) in [6.07, 6.45) is 2.56. The Morgan fingerprint density at radius 2 is 1.68 bits per heavy atom. The molecule has 5 heteroatoms. The summed E-state index contributed by atoms with van der Waals surface area (Å²) in [7, 11) is 0. The Kier molecular flexibility index (Phi) is 3.41. The first-order valence-electron chi connectivity index (χ1n) is 8.86. The van der Waals surface area contributed by atoms with Gasteiger partial charge < -0.3 is 9.47 Å². The van der Waals surface area contributed by atoms with Crippen LogP contribution in [0.5, 0.6) is 0 Å². The zero-order valence-corrected chi connectivity index (χ0v) is 14.0. The molecule has 2 aromatic carbocycles. The van der Waals surface area contributed by atoms with E-state index in [1.807, 2.05) is 30.3 Å². The summed E-state index contributed by atoms with van der Waals surface area (Å²) in [6.45, 7) is 4.17. The van der Waals surface area contributed by atoms with Crippen LogP contribution in [0.15, 0.2) is 42.5 Å². The molecule has 2 aromatic heterocycles. The summed E-state index contributed by atoms with van der Waals surface area (Å²) >= 11 is 0. The van der Waals surface area contributed by atoms with E-state index < -0.39 is 0 Å². The fourth-order valence-corrected chi connectivity index (χ4v) is 3.88. The van der Waals surface area contributed by atoms with Crippen molar-refractivity contribution in [1.82, 2.24) is 19.4 Å². The van der Waals surface area contributed by atoms with Gasteiger partial charge in [-0.3, -0.25) is 0 Å². The van der Waals surface area contributed by atoms with Crippen LogP contribution in [0.2, 0.25) is 0 Å². The molecule has 4 nitrogen and oxygen atoms in total. The maximum Gasteiger partial charge on any atom is 0.160 e. The minimum absolute atomic E-state index is 0.235. The number of fused-ring (bicyclic) bond motifs is 4. The number of hydrogen-bond donors (Lipinski definition) is 0. The molecule has 0 aliphatic carbocycles. The second-order valence-electron chi connectivity index (χ2n) is 6.75. The highest BCUT2D eigenvalue weighted by atomic mass is 19.1. The molecule has 0 amide bonds. The van der Waals surface area contributed by atoms with Crippen LogP contribution >= 0.6 is 0 Å². The van der Waals surface area contributed by atoms with Crippen molar-refractivity contribution in [1.29, 1.82) is 0 Å². The molecule has 1 saturated heterocycles. The quantitative estimate of drug-likeness (QED) is 0.568. The topological polar surface area (TPSA) is 34.0 Å². The van der Waals surface area contributed by atoms with Gasteiger partial charge in [0.15, 0.2) is 5.65 Å². The van der Waals surface area contributed by atoms with Gasteiger partial charge in [-0.05, 0) is 56.3 Å². The summed E-state index contributed by atoms with van der Waals surface area (Å²) in [5.41, 5.74) is 4.36. The van der Waals surface area contributed by atoms with Gasteiger partial charge in [0.2, 0.25) is 0 Å². The maximum absolute atomic E-state index is 13.9. The normalized spacial score (nSPS) is 15.7. The first-order valence-corrected chi connectivity index (χ1v) is 8.86. The van der Waals surface area contributed by atoms with Crippen molar-refractivity contribution in [3.8, 4) is 0 Å². The van der Waals surface area contributed by atoms with Crippen LogP contribution in [0.1, 0.15) is 12.8 Å². The van der Waals surface area contributed by atoms with Crippen molar-refractivity contribution < 1.29 is 4.39 Å². The van der Waals surface area contributed by atoms with E-state index in [1.165, 1.54) is 32.0 Å². The van der Waals surface area contributed by atoms with Gasteiger partial charge in [0, 0.05) is 18.5 Å². The second-order valence-corrected chi connectivity index (χ2v) is 6.75. The first kappa shape index (κ1) is 14.8. The highest BCUT2D eigenvalue weighted by molar-refractivity contribution is 6.06. The Hall–Kier alpha value is -2.53. The molecule has 0 bridgehead atoms. The van der Waals surface area contributed by atoms with Crippen molar-refractivity contribution in [2.75, 3.05) is 19.6 Å². The van der Waals surface area contributed by atoms with Crippen LogP contribution in [-0.4, -0.2) is 39.1 Å². The fourth-order valence-electron chi connectivity index (χ4n) is 3.88. The average molecular weight is 334 g/mol. The monoisotopic (exact) mass is 334 g/mol. The van der Waals surface area contributed by atoms with Crippen LogP contribution in [-0.2, 0) is 6.54 Å². The summed E-state index contributed by atoms with van der Waals surface area (Å²) in [5, 5.41) is 0.842. The van der Waals surface area contributed by atoms with Crippen LogP contribution < -0.4 is 0 Å². The second kappa shape index (κ2) is 5.77. The average Bonchev–Trinajstić information content (AvgIpc) is 3.24. The molecule has 0 spiro atoms. The number of aromatic nitrogens is 3. The number of rotatable bonds is 3. The summed E-state index contributed by atoms with van der Waals surface area (Å²) in [5.74, 6) is -0.235. The molecule has 126 valence electrons. The smallest absolute Gasteiger partial charge is 0.160 e. The lowest BCUT2D eigenvalue weighted by atomic mass is 10.2. The van der Waals surface area contributed by atoms with Gasteiger partial charge in [0.05, 0.1) is 16.6 Å². The molecule has 0 saturated carbocycles. The third-order valence-corrected chi connectivity index (χ3v) is 5.15. The molecule has 3 heterocycles. The van der Waals surface area contributed by atoms with E-state index in [0.717, 1.165) is 46.2 Å². The van der Waals surface area contributed by atoms with Crippen molar-refractivity contribution in [3.63, 3.8) is 0 Å². The first-order chi connectivity index (χ1) is 12.3. The van der Waals surface area contributed by atoms with E-state index in [-0.39, 0.29) is 5.82 Å². The maximum atomic E-state index is 13.9. The lowest BCUT2D eigenvalue weighted by Crippen LogP contribution is -2.24. The SMILES string of the molecule is Fc1ccc2c(c1)c1nc3ccccc3nc1n2CCN1CCCC1. The summed E-state index contributed by atoms with van der Waals surface area (Å²) in [4.78, 5) is 12.1. The van der Waals surface area contributed by atoms with E-state index >= 15 is 0 Å². The Bertz CT molecular complexity index is 1080. The predicted molar refractivity (Wildman–Crippen MR) is 98.2 cm³/mol. The van der Waals surface area contributed by atoms with Crippen LogP contribution in [0.25, 0.3) is 33.1 Å². The molecule has 0 unspecified atom stereocenters. The Balaban J connectivity index is 1.72. The molecule has 4 aromatic rings. The molecule has 5 rings (SSSR count). The van der Waals surface area contributed by atoms with Gasteiger partial charge in [-0.2, -0.15) is 0 Å². The Morgan fingerprint density at radius 3 is 2.48 bits per heavy atom. The van der Waals surface area contributed by atoms with Crippen molar-refractivity contribution >= 4 is 33.1 Å². The number of likely N-dealkylation sites (tertiary alicyclic amines) is 1. The van der Waals surface area contributed by atoms with Gasteiger partial charge in [-0.25, -0.2) is 14.4 Å². The third-order valence-electron chi connectivity index (χ3n) is 5.15. The van der Waals surface area contributed by atoms with E-state index in [1.54, 1.807) is 6.07 Å². The van der Waals surface area contributed by atoms with E-state index in [2.05, 4.69) is 9.47 Å². The van der Waals surface area contributed by atoms with E-state index in [4.69, 9.17) is 9.97 Å². The molecule has 1 aliphatic rings. The lowest BCUT2D eigenvalue weighted by molar-refractivity contribution is 0.326. The Morgan fingerprint density at radius 1 is 0.920 bits per heavy atom. The molecule has 0 N–H and O–H groups in total. The number of nitrogens with zero attached hydrogens (tertiary/aromatic N) is 4. The number of hydrogen-bond acceptors (Lipinski definition) is 3. The van der Waals surface area contributed by atoms with Gasteiger partial charge in [-0.15, -0.1) is 0 Å². The van der Waals surface area contributed by atoms with Gasteiger partial charge in [0.1, 0.15) is 11.3 Å². The van der Waals surface area contributed by atoms with Crippen LogP contribution in [0.3, 0.4) is 0 Å². The van der Waals surface area contributed by atoms with Crippen LogP contribution in [0, 0.1) is 5.82 Å². The zero-order valence-electron chi connectivity index (χ0n) is 14.0. The minimum atomic E-state index is -0.235. The molecular weight excluding hydrogens is 315 g/mol. The van der Waals surface area contributed by atoms with Crippen molar-refractivity contribution in [3.05, 3.63) is 48.3 Å². The summed E-state index contributed by atoms with van der Waals surface area (Å²) in [6, 6.07) is 12.8. The molecule has 0 radical (unpaired) electrons. The Labute approximate surface area is 144 Å². The van der Waals surface area contributed by atoms with Gasteiger partial charge >= 0.3 is 0 Å². The molecular formula is C20H19FN4. The van der Waals surface area contributed by atoms with Gasteiger partial charge in [-0.1, -0.05) is 12.1 Å². The zero-order chi connectivity index (χ0) is 16.8. The molecule has 0 atom stereocenters. The number of halogens is 1. The standard InChI is InChI=1S/C20H19FN4/c21-14-7-8-18-15(13-14)19-20(23-17-6-2-1-5-16(17)22-19)25(18)12-11-24-9-3-4-10-24/h1-2,5-8,13H,3-4,9-12H2. The minimum Gasteiger partial charge on any atom is -0.323 e. The lowest BCUT2D eigenvalue weighted by Gasteiger charge is -2.15. The summed E-state index contributed by atoms with van der Waals surface area (Å²) < 4.78 is 16.0. The van der Waals surface area contributed by atoms with Crippen molar-refractivity contribution in [2.24, 2.45) is 0 Å². The predicted octanol–water partition coefficient (Wildman–Crippen LogP) is 3.97. The van der Waals surface area contributed by atoms with E-state index in [0.29, 0.717) is 0 Å². The fraction of sp³-hybridized carbons (Fsp3) is 0.300. The van der Waals surface area contributed by atoms with Crippen molar-refractivity contribution in [2.45, 2.75) is 19.4 Å². The third kappa shape index (κ3) is 2.46. The largest absolute Gasteiger partial charge is 0.323 e. The molecule has 25 heavy (non-hydrogen) atoms.